The molecule has 112 valence electrons. The molecule has 0 spiro atoms. The highest BCUT2D eigenvalue weighted by atomic mass is 35.5. The molecule has 20 heavy (non-hydrogen) atoms. The molecule has 0 saturated carbocycles. The van der Waals surface area contributed by atoms with Gasteiger partial charge in [-0.2, -0.15) is 0 Å². The fraction of sp³-hybridized carbons (Fsp3) is 0.625. The molecule has 4 heteroatoms. The zero-order chi connectivity index (χ0) is 14.7. The lowest BCUT2D eigenvalue weighted by Gasteiger charge is -2.42. The van der Waals surface area contributed by atoms with Crippen molar-refractivity contribution in [3.8, 4) is 0 Å². The summed E-state index contributed by atoms with van der Waals surface area (Å²) in [5.41, 5.74) is 1.19. The highest BCUT2D eigenvalue weighted by Gasteiger charge is 2.31. The topological polar surface area (TPSA) is 15.3 Å². The van der Waals surface area contributed by atoms with Gasteiger partial charge in [-0.25, -0.2) is 0 Å². The third-order valence-electron chi connectivity index (χ3n) is 4.75. The van der Waals surface area contributed by atoms with E-state index in [1.54, 1.807) is 0 Å². The minimum Gasteiger partial charge on any atom is -0.317 e. The van der Waals surface area contributed by atoms with Crippen molar-refractivity contribution >= 4 is 23.2 Å². The number of piperidine rings is 1. The van der Waals surface area contributed by atoms with Gasteiger partial charge in [-0.15, -0.1) is 0 Å². The Labute approximate surface area is 132 Å². The lowest BCUT2D eigenvalue weighted by atomic mass is 9.87. The Morgan fingerprint density at radius 2 is 2.05 bits per heavy atom. The van der Waals surface area contributed by atoms with Gasteiger partial charge in [-0.1, -0.05) is 36.2 Å². The van der Waals surface area contributed by atoms with Crippen LogP contribution in [0.15, 0.2) is 18.2 Å². The second-order valence-corrected chi connectivity index (χ2v) is 6.65. The van der Waals surface area contributed by atoms with Crippen LogP contribution in [-0.4, -0.2) is 37.1 Å². The molecule has 2 nitrogen and oxygen atoms in total. The predicted molar refractivity (Wildman–Crippen MR) is 87.8 cm³/mol. The summed E-state index contributed by atoms with van der Waals surface area (Å²) in [6.45, 7) is 6.89. The van der Waals surface area contributed by atoms with Crippen molar-refractivity contribution in [1.82, 2.24) is 10.2 Å². The maximum Gasteiger partial charge on any atom is 0.0453 e. The standard InChI is InChI=1S/C16H24Cl2N2/c1-11-12(2)20(9-7-16(11)19-3)8-6-13-4-5-14(17)10-15(13)18/h4-5,10-12,16,19H,6-9H2,1-3H3. The molecule has 2 rings (SSSR count). The van der Waals surface area contributed by atoms with Crippen LogP contribution in [0.25, 0.3) is 0 Å². The van der Waals surface area contributed by atoms with Gasteiger partial charge >= 0.3 is 0 Å². The van der Waals surface area contributed by atoms with E-state index in [-0.39, 0.29) is 0 Å². The maximum absolute atomic E-state index is 6.24. The van der Waals surface area contributed by atoms with Crippen molar-refractivity contribution < 1.29 is 0 Å². The smallest absolute Gasteiger partial charge is 0.0453 e. The van der Waals surface area contributed by atoms with Gasteiger partial charge in [0, 0.05) is 28.7 Å². The van der Waals surface area contributed by atoms with Crippen molar-refractivity contribution in [3.63, 3.8) is 0 Å². The molecule has 1 aromatic rings. The molecule has 3 atom stereocenters. The van der Waals surface area contributed by atoms with Crippen LogP contribution < -0.4 is 5.32 Å². The highest BCUT2D eigenvalue weighted by molar-refractivity contribution is 6.35. The van der Waals surface area contributed by atoms with E-state index in [1.165, 1.54) is 12.0 Å². The molecule has 1 N–H and O–H groups in total. The van der Waals surface area contributed by atoms with E-state index < -0.39 is 0 Å². The zero-order valence-corrected chi connectivity index (χ0v) is 14.0. The predicted octanol–water partition coefficient (Wildman–Crippen LogP) is 3.85. The van der Waals surface area contributed by atoms with Crippen LogP contribution in [0, 0.1) is 5.92 Å². The van der Waals surface area contributed by atoms with E-state index in [0.717, 1.165) is 24.5 Å². The minimum atomic E-state index is 0.604. The van der Waals surface area contributed by atoms with Gasteiger partial charge in [0.05, 0.1) is 0 Å². The van der Waals surface area contributed by atoms with Gasteiger partial charge in [0.2, 0.25) is 0 Å². The lowest BCUT2D eigenvalue weighted by molar-refractivity contribution is 0.0889. The first-order valence-corrected chi connectivity index (χ1v) is 8.13. The average molecular weight is 315 g/mol. The third-order valence-corrected chi connectivity index (χ3v) is 5.34. The number of hydrogen-bond donors (Lipinski definition) is 1. The first-order valence-electron chi connectivity index (χ1n) is 7.38. The second-order valence-electron chi connectivity index (χ2n) is 5.81. The first-order chi connectivity index (χ1) is 9.52. The van der Waals surface area contributed by atoms with Crippen LogP contribution in [0.2, 0.25) is 10.0 Å². The van der Waals surface area contributed by atoms with Gasteiger partial charge in [-0.05, 0) is 57.0 Å². The Hall–Kier alpha value is -0.280. The number of halogens is 2. The van der Waals surface area contributed by atoms with Crippen molar-refractivity contribution in [2.24, 2.45) is 5.92 Å². The maximum atomic E-state index is 6.24. The fourth-order valence-electron chi connectivity index (χ4n) is 3.15. The van der Waals surface area contributed by atoms with E-state index in [0.29, 0.717) is 23.0 Å². The highest BCUT2D eigenvalue weighted by Crippen LogP contribution is 2.25. The molecular formula is C16H24Cl2N2. The lowest BCUT2D eigenvalue weighted by Crippen LogP contribution is -2.53. The summed E-state index contributed by atoms with van der Waals surface area (Å²) in [5.74, 6) is 0.675. The van der Waals surface area contributed by atoms with Gasteiger partial charge in [0.15, 0.2) is 0 Å². The van der Waals surface area contributed by atoms with Crippen LogP contribution in [0.1, 0.15) is 25.8 Å². The fourth-order valence-corrected chi connectivity index (χ4v) is 3.65. The van der Waals surface area contributed by atoms with Crippen LogP contribution in [0.5, 0.6) is 0 Å². The normalized spacial score (nSPS) is 27.8. The largest absolute Gasteiger partial charge is 0.317 e. The van der Waals surface area contributed by atoms with E-state index in [4.69, 9.17) is 23.2 Å². The molecule has 1 aliphatic rings. The van der Waals surface area contributed by atoms with Crippen LogP contribution in [-0.2, 0) is 6.42 Å². The van der Waals surface area contributed by atoms with Gasteiger partial charge in [0.1, 0.15) is 0 Å². The molecule has 3 unspecified atom stereocenters. The summed E-state index contributed by atoms with van der Waals surface area (Å²) in [5, 5.41) is 4.92. The van der Waals surface area contributed by atoms with E-state index in [1.807, 2.05) is 18.2 Å². The van der Waals surface area contributed by atoms with Gasteiger partial charge in [0.25, 0.3) is 0 Å². The van der Waals surface area contributed by atoms with E-state index >= 15 is 0 Å². The summed E-state index contributed by atoms with van der Waals surface area (Å²) < 4.78 is 0. The molecule has 1 saturated heterocycles. The summed E-state index contributed by atoms with van der Waals surface area (Å²) in [6, 6.07) is 7.03. The summed E-state index contributed by atoms with van der Waals surface area (Å²) in [4.78, 5) is 2.57. The van der Waals surface area contributed by atoms with Crippen molar-refractivity contribution in [2.75, 3.05) is 20.1 Å². The molecule has 1 aliphatic heterocycles. The summed E-state index contributed by atoms with van der Waals surface area (Å²) in [6.07, 6.45) is 2.20. The Morgan fingerprint density at radius 1 is 1.30 bits per heavy atom. The van der Waals surface area contributed by atoms with Gasteiger partial charge in [-0.3, -0.25) is 4.90 Å². The molecule has 0 bridgehead atoms. The van der Waals surface area contributed by atoms with Crippen LogP contribution in [0.4, 0.5) is 0 Å². The number of benzene rings is 1. The zero-order valence-electron chi connectivity index (χ0n) is 12.5. The molecule has 0 aromatic heterocycles. The molecule has 0 radical (unpaired) electrons. The molecule has 1 heterocycles. The second kappa shape index (κ2) is 7.13. The quantitative estimate of drug-likeness (QED) is 0.908. The van der Waals surface area contributed by atoms with Gasteiger partial charge < -0.3 is 5.32 Å². The summed E-state index contributed by atoms with van der Waals surface area (Å²) >= 11 is 12.2. The van der Waals surface area contributed by atoms with Crippen molar-refractivity contribution in [2.45, 2.75) is 38.8 Å². The number of hydrogen-bond acceptors (Lipinski definition) is 2. The molecule has 1 fully saturated rings. The molecule has 1 aromatic carbocycles. The molecule has 0 amide bonds. The number of likely N-dealkylation sites (tertiary alicyclic amines) is 1. The molecule has 0 aliphatic carbocycles. The van der Waals surface area contributed by atoms with E-state index in [9.17, 15) is 0 Å². The monoisotopic (exact) mass is 314 g/mol. The van der Waals surface area contributed by atoms with Crippen LogP contribution in [0.3, 0.4) is 0 Å². The minimum absolute atomic E-state index is 0.604. The molecular weight excluding hydrogens is 291 g/mol. The Morgan fingerprint density at radius 3 is 2.70 bits per heavy atom. The summed E-state index contributed by atoms with van der Waals surface area (Å²) in [7, 11) is 2.07. The Balaban J connectivity index is 1.94. The SMILES string of the molecule is CNC1CCN(CCc2ccc(Cl)cc2Cl)C(C)C1C. The average Bonchev–Trinajstić information content (AvgIpc) is 2.42. The Kier molecular flexibility index (Phi) is 5.74. The Bertz CT molecular complexity index is 450. The van der Waals surface area contributed by atoms with E-state index in [2.05, 4.69) is 31.1 Å². The van der Waals surface area contributed by atoms with Crippen molar-refractivity contribution in [3.05, 3.63) is 33.8 Å². The first kappa shape index (κ1) is 16.1. The van der Waals surface area contributed by atoms with Crippen LogP contribution >= 0.6 is 23.2 Å². The third kappa shape index (κ3) is 3.67. The number of nitrogens with zero attached hydrogens (tertiary/aromatic N) is 1. The number of rotatable bonds is 4. The van der Waals surface area contributed by atoms with Crippen molar-refractivity contribution in [1.29, 1.82) is 0 Å². The number of nitrogens with one attached hydrogen (secondary N) is 1.